The van der Waals surface area contributed by atoms with E-state index in [9.17, 15) is 9.90 Å². The molecule has 0 aliphatic rings. The van der Waals surface area contributed by atoms with E-state index in [2.05, 4.69) is 5.10 Å². The number of aliphatic hydroxyl groups excluding tert-OH is 1. The molecule has 6 heteroatoms. The van der Waals surface area contributed by atoms with Gasteiger partial charge in [-0.05, 0) is 20.8 Å². The molecule has 0 spiro atoms. The molecule has 96 valence electrons. The van der Waals surface area contributed by atoms with E-state index in [-0.39, 0.29) is 18.2 Å². The second-order valence-corrected chi connectivity index (χ2v) is 4.62. The molecule has 0 unspecified atom stereocenters. The summed E-state index contributed by atoms with van der Waals surface area (Å²) in [5.41, 5.74) is 5.70. The fourth-order valence-electron chi connectivity index (χ4n) is 1.30. The van der Waals surface area contributed by atoms with E-state index in [1.165, 1.54) is 4.90 Å². The zero-order valence-electron chi connectivity index (χ0n) is 10.8. The first-order chi connectivity index (χ1) is 7.83. The van der Waals surface area contributed by atoms with Crippen molar-refractivity contribution in [2.24, 2.45) is 0 Å². The Morgan fingerprint density at radius 1 is 1.65 bits per heavy atom. The number of carbonyl (C=O) groups excluding carboxylic acids is 1. The van der Waals surface area contributed by atoms with Crippen LogP contribution < -0.4 is 5.73 Å². The van der Waals surface area contributed by atoms with Crippen LogP contribution in [0.25, 0.3) is 0 Å². The zero-order chi connectivity index (χ0) is 13.2. The first-order valence-corrected chi connectivity index (χ1v) is 5.55. The van der Waals surface area contributed by atoms with Crippen LogP contribution in [-0.2, 0) is 6.54 Å². The standard InChI is InChI=1S/C11H20N4O2/c1-5-15-6-8(12)9(13-15)10(17)14(4)11(2,3)7-16/h6,16H,5,7,12H2,1-4H3. The summed E-state index contributed by atoms with van der Waals surface area (Å²) in [6.45, 7) is 6.01. The van der Waals surface area contributed by atoms with Gasteiger partial charge < -0.3 is 15.7 Å². The predicted molar refractivity (Wildman–Crippen MR) is 65.6 cm³/mol. The van der Waals surface area contributed by atoms with Crippen LogP contribution in [0.15, 0.2) is 6.20 Å². The average molecular weight is 240 g/mol. The second kappa shape index (κ2) is 4.75. The van der Waals surface area contributed by atoms with Gasteiger partial charge in [-0.3, -0.25) is 9.48 Å². The number of amides is 1. The number of nitrogens with zero attached hydrogens (tertiary/aromatic N) is 3. The van der Waals surface area contributed by atoms with Crippen molar-refractivity contribution < 1.29 is 9.90 Å². The number of aryl methyl sites for hydroxylation is 1. The Hall–Kier alpha value is -1.56. The highest BCUT2D eigenvalue weighted by molar-refractivity contribution is 5.97. The Balaban J connectivity index is 3.00. The van der Waals surface area contributed by atoms with Gasteiger partial charge in [0.1, 0.15) is 0 Å². The molecule has 0 saturated carbocycles. The summed E-state index contributed by atoms with van der Waals surface area (Å²) in [7, 11) is 1.63. The van der Waals surface area contributed by atoms with Gasteiger partial charge in [0.05, 0.1) is 17.8 Å². The Morgan fingerprint density at radius 3 is 2.65 bits per heavy atom. The second-order valence-electron chi connectivity index (χ2n) is 4.62. The van der Waals surface area contributed by atoms with Crippen LogP contribution in [0.4, 0.5) is 5.69 Å². The lowest BCUT2D eigenvalue weighted by atomic mass is 10.0. The number of nitrogens with two attached hydrogens (primary N) is 1. The van der Waals surface area contributed by atoms with Crippen LogP contribution in [0.3, 0.4) is 0 Å². The molecule has 0 aliphatic carbocycles. The topological polar surface area (TPSA) is 84.4 Å². The number of rotatable bonds is 4. The van der Waals surface area contributed by atoms with Crippen LogP contribution >= 0.6 is 0 Å². The Kier molecular flexibility index (Phi) is 3.77. The molecular formula is C11H20N4O2. The van der Waals surface area contributed by atoms with Crippen LogP contribution in [0.1, 0.15) is 31.3 Å². The Morgan fingerprint density at radius 2 is 2.24 bits per heavy atom. The summed E-state index contributed by atoms with van der Waals surface area (Å²) < 4.78 is 1.61. The maximum Gasteiger partial charge on any atom is 0.276 e. The molecule has 0 atom stereocenters. The summed E-state index contributed by atoms with van der Waals surface area (Å²) in [5.74, 6) is -0.284. The predicted octanol–water partition coefficient (Wildman–Crippen LogP) is 0.328. The van der Waals surface area contributed by atoms with Gasteiger partial charge in [-0.2, -0.15) is 5.10 Å². The van der Waals surface area contributed by atoms with Gasteiger partial charge in [-0.15, -0.1) is 0 Å². The maximum atomic E-state index is 12.2. The smallest absolute Gasteiger partial charge is 0.276 e. The molecule has 0 aromatic carbocycles. The molecule has 1 aromatic rings. The molecule has 0 saturated heterocycles. The van der Waals surface area contributed by atoms with Crippen molar-refractivity contribution in [1.82, 2.24) is 14.7 Å². The molecule has 0 fully saturated rings. The lowest BCUT2D eigenvalue weighted by Crippen LogP contribution is -2.47. The summed E-state index contributed by atoms with van der Waals surface area (Å²) in [6.07, 6.45) is 1.63. The highest BCUT2D eigenvalue weighted by atomic mass is 16.3. The molecule has 0 bridgehead atoms. The minimum absolute atomic E-state index is 0.121. The first kappa shape index (κ1) is 13.5. The molecule has 0 radical (unpaired) electrons. The molecule has 1 aromatic heterocycles. The lowest BCUT2D eigenvalue weighted by Gasteiger charge is -2.33. The van der Waals surface area contributed by atoms with Gasteiger partial charge in [0, 0.05) is 19.8 Å². The van der Waals surface area contributed by atoms with Gasteiger partial charge >= 0.3 is 0 Å². The SMILES string of the molecule is CCn1cc(N)c(C(=O)N(C)C(C)(C)CO)n1. The highest BCUT2D eigenvalue weighted by Gasteiger charge is 2.30. The van der Waals surface area contributed by atoms with Gasteiger partial charge in [-0.25, -0.2) is 0 Å². The molecule has 3 N–H and O–H groups in total. The number of aromatic nitrogens is 2. The molecule has 6 nitrogen and oxygen atoms in total. The monoisotopic (exact) mass is 240 g/mol. The number of hydrogen-bond donors (Lipinski definition) is 2. The summed E-state index contributed by atoms with van der Waals surface area (Å²) in [6, 6.07) is 0. The van der Waals surface area contributed by atoms with Crippen molar-refractivity contribution >= 4 is 11.6 Å². The van der Waals surface area contributed by atoms with Crippen LogP contribution in [0.2, 0.25) is 0 Å². The highest BCUT2D eigenvalue weighted by Crippen LogP contribution is 2.18. The maximum absolute atomic E-state index is 12.2. The van der Waals surface area contributed by atoms with E-state index >= 15 is 0 Å². The largest absolute Gasteiger partial charge is 0.396 e. The number of aliphatic hydroxyl groups is 1. The van der Waals surface area contributed by atoms with Gasteiger partial charge in [0.25, 0.3) is 5.91 Å². The summed E-state index contributed by atoms with van der Waals surface area (Å²) in [5, 5.41) is 13.3. The fourth-order valence-corrected chi connectivity index (χ4v) is 1.30. The minimum Gasteiger partial charge on any atom is -0.396 e. The Bertz CT molecular complexity index is 412. The number of nitrogen functional groups attached to an aromatic ring is 1. The van der Waals surface area contributed by atoms with Crippen molar-refractivity contribution in [2.75, 3.05) is 19.4 Å². The number of carbonyl (C=O) groups is 1. The fraction of sp³-hybridized carbons (Fsp3) is 0.636. The quantitative estimate of drug-likeness (QED) is 0.794. The third-order valence-corrected chi connectivity index (χ3v) is 2.92. The van der Waals surface area contributed by atoms with Gasteiger partial charge in [-0.1, -0.05) is 0 Å². The van der Waals surface area contributed by atoms with Crippen molar-refractivity contribution in [1.29, 1.82) is 0 Å². The van der Waals surface area contributed by atoms with Crippen molar-refractivity contribution in [2.45, 2.75) is 32.9 Å². The van der Waals surface area contributed by atoms with Crippen molar-refractivity contribution in [3.05, 3.63) is 11.9 Å². The lowest BCUT2D eigenvalue weighted by molar-refractivity contribution is 0.0468. The summed E-state index contributed by atoms with van der Waals surface area (Å²) in [4.78, 5) is 13.6. The van der Waals surface area contributed by atoms with Gasteiger partial charge in [0.2, 0.25) is 0 Å². The Labute approximate surface area is 101 Å². The normalized spacial score (nSPS) is 11.6. The van der Waals surface area contributed by atoms with Crippen molar-refractivity contribution in [3.8, 4) is 0 Å². The van der Waals surface area contributed by atoms with E-state index < -0.39 is 5.54 Å². The molecule has 1 rings (SSSR count). The molecular weight excluding hydrogens is 220 g/mol. The van der Waals surface area contributed by atoms with Crippen LogP contribution in [-0.4, -0.2) is 44.9 Å². The number of anilines is 1. The first-order valence-electron chi connectivity index (χ1n) is 5.55. The van der Waals surface area contributed by atoms with Crippen molar-refractivity contribution in [3.63, 3.8) is 0 Å². The number of hydrogen-bond acceptors (Lipinski definition) is 4. The molecule has 0 aliphatic heterocycles. The van der Waals surface area contributed by atoms with Gasteiger partial charge in [0.15, 0.2) is 5.69 Å². The van der Waals surface area contributed by atoms with E-state index in [1.807, 2.05) is 6.92 Å². The number of likely N-dealkylation sites (N-methyl/N-ethyl adjacent to an activating group) is 1. The van der Waals surface area contributed by atoms with E-state index in [0.29, 0.717) is 12.2 Å². The summed E-state index contributed by atoms with van der Waals surface area (Å²) >= 11 is 0. The van der Waals surface area contributed by atoms with E-state index in [1.54, 1.807) is 31.8 Å². The third kappa shape index (κ3) is 2.58. The molecule has 1 amide bonds. The average Bonchev–Trinajstić information content (AvgIpc) is 2.68. The van der Waals surface area contributed by atoms with Crippen LogP contribution in [0, 0.1) is 0 Å². The molecule has 17 heavy (non-hydrogen) atoms. The molecule has 1 heterocycles. The zero-order valence-corrected chi connectivity index (χ0v) is 10.8. The minimum atomic E-state index is -0.639. The third-order valence-electron chi connectivity index (χ3n) is 2.92. The van der Waals surface area contributed by atoms with E-state index in [4.69, 9.17) is 5.73 Å². The van der Waals surface area contributed by atoms with Crippen LogP contribution in [0.5, 0.6) is 0 Å². The van der Waals surface area contributed by atoms with E-state index in [0.717, 1.165) is 0 Å².